The number of benzene rings is 2. The summed E-state index contributed by atoms with van der Waals surface area (Å²) in [6.45, 7) is 11.8. The standard InChI is InChI=1S/C30H36F4N4O2/c1-7-9-10-21-13-20(12-11-19(21)5)15-35-30(6,18(3)4)26-16-38(37-36-26)24(8-2)25(39)17-40-29-27(33)22(31)14-23(32)28(29)34/h9-14,16,18,24,35H,7-8,15,17H2,1-6H3/b10-9-/t24?,30-/m0/s1. The van der Waals surface area contributed by atoms with Crippen LogP contribution in [0, 0.1) is 36.1 Å². The topological polar surface area (TPSA) is 69.0 Å². The Hall–Kier alpha value is -3.53. The molecule has 0 aliphatic rings. The van der Waals surface area contributed by atoms with Gasteiger partial charge >= 0.3 is 0 Å². The number of nitrogens with zero attached hydrogens (tertiary/aromatic N) is 3. The van der Waals surface area contributed by atoms with Crippen LogP contribution >= 0.6 is 0 Å². The predicted octanol–water partition coefficient (Wildman–Crippen LogP) is 6.83. The number of halogens is 4. The van der Waals surface area contributed by atoms with Crippen LogP contribution in [0.5, 0.6) is 5.75 Å². The van der Waals surface area contributed by atoms with Crippen LogP contribution in [0.3, 0.4) is 0 Å². The van der Waals surface area contributed by atoms with Crippen molar-refractivity contribution in [2.75, 3.05) is 6.61 Å². The summed E-state index contributed by atoms with van der Waals surface area (Å²) < 4.78 is 61.1. The number of hydrogen-bond acceptors (Lipinski definition) is 5. The van der Waals surface area contributed by atoms with Crippen LogP contribution in [0.25, 0.3) is 6.08 Å². The van der Waals surface area contributed by atoms with E-state index in [9.17, 15) is 22.4 Å². The van der Waals surface area contributed by atoms with Crippen molar-refractivity contribution in [1.29, 1.82) is 0 Å². The summed E-state index contributed by atoms with van der Waals surface area (Å²) in [7, 11) is 0. The SMILES string of the molecule is CC/C=C\c1cc(CN[C@](C)(c2cn(C(CC)C(=O)COc3c(F)c(F)cc(F)c3F)nn2)C(C)C)ccc1C. The minimum Gasteiger partial charge on any atom is -0.479 e. The van der Waals surface area contributed by atoms with Gasteiger partial charge in [-0.15, -0.1) is 5.10 Å². The van der Waals surface area contributed by atoms with Gasteiger partial charge in [-0.25, -0.2) is 13.5 Å². The number of nitrogens with one attached hydrogen (secondary N) is 1. The van der Waals surface area contributed by atoms with Gasteiger partial charge in [0.1, 0.15) is 18.3 Å². The molecule has 0 radical (unpaired) electrons. The molecule has 1 unspecified atom stereocenters. The van der Waals surface area contributed by atoms with Gasteiger partial charge in [-0.1, -0.05) is 63.3 Å². The Bertz CT molecular complexity index is 1350. The Balaban J connectivity index is 1.77. The zero-order valence-corrected chi connectivity index (χ0v) is 23.7. The number of hydrogen-bond donors (Lipinski definition) is 1. The van der Waals surface area contributed by atoms with Gasteiger partial charge in [-0.2, -0.15) is 8.78 Å². The third-order valence-corrected chi connectivity index (χ3v) is 7.24. The predicted molar refractivity (Wildman–Crippen MR) is 146 cm³/mol. The molecule has 40 heavy (non-hydrogen) atoms. The molecule has 0 fully saturated rings. The van der Waals surface area contributed by atoms with Crippen molar-refractivity contribution in [1.82, 2.24) is 20.3 Å². The number of allylic oxidation sites excluding steroid dienone is 1. The first-order chi connectivity index (χ1) is 18.9. The lowest BCUT2D eigenvalue weighted by molar-refractivity contribution is -0.124. The molecule has 0 bridgehead atoms. The van der Waals surface area contributed by atoms with Gasteiger partial charge in [0.25, 0.3) is 0 Å². The number of rotatable bonds is 13. The molecule has 0 aliphatic heterocycles. The average molecular weight is 561 g/mol. The molecule has 0 saturated heterocycles. The number of ether oxygens (including phenoxy) is 1. The van der Waals surface area contributed by atoms with E-state index in [0.717, 1.165) is 17.5 Å². The molecule has 1 aromatic heterocycles. The van der Waals surface area contributed by atoms with E-state index >= 15 is 0 Å². The maximum atomic E-state index is 13.9. The monoisotopic (exact) mass is 560 g/mol. The Labute approximate surface area is 232 Å². The highest BCUT2D eigenvalue weighted by molar-refractivity contribution is 5.83. The maximum absolute atomic E-state index is 13.9. The van der Waals surface area contributed by atoms with E-state index in [0.29, 0.717) is 12.2 Å². The molecule has 2 aromatic carbocycles. The van der Waals surface area contributed by atoms with E-state index in [4.69, 9.17) is 4.74 Å². The van der Waals surface area contributed by atoms with Gasteiger partial charge in [-0.3, -0.25) is 4.79 Å². The molecule has 3 rings (SSSR count). The molecule has 0 spiro atoms. The van der Waals surface area contributed by atoms with Gasteiger partial charge in [0, 0.05) is 12.6 Å². The fourth-order valence-electron chi connectivity index (χ4n) is 4.25. The van der Waals surface area contributed by atoms with E-state index in [1.807, 2.05) is 20.8 Å². The summed E-state index contributed by atoms with van der Waals surface area (Å²) in [6.07, 6.45) is 7.12. The van der Waals surface area contributed by atoms with Crippen LogP contribution in [-0.2, 0) is 16.9 Å². The van der Waals surface area contributed by atoms with Crippen molar-refractivity contribution in [3.05, 3.63) is 82.2 Å². The third-order valence-electron chi connectivity index (χ3n) is 7.24. The summed E-state index contributed by atoms with van der Waals surface area (Å²) >= 11 is 0. The van der Waals surface area contributed by atoms with Crippen LogP contribution in [0.2, 0.25) is 0 Å². The number of ketones is 1. The molecule has 0 aliphatic carbocycles. The molecular formula is C30H36F4N4O2. The van der Waals surface area contributed by atoms with Gasteiger partial charge in [0.15, 0.2) is 23.2 Å². The first kappa shape index (κ1) is 31.0. The van der Waals surface area contributed by atoms with Crippen molar-refractivity contribution in [3.8, 4) is 5.75 Å². The Kier molecular flexibility index (Phi) is 10.2. The van der Waals surface area contributed by atoms with Crippen LogP contribution in [0.4, 0.5) is 17.6 Å². The van der Waals surface area contributed by atoms with Crippen molar-refractivity contribution >= 4 is 11.9 Å². The molecular weight excluding hydrogens is 524 g/mol. The molecule has 10 heteroatoms. The normalized spacial score (nSPS) is 14.1. The van der Waals surface area contributed by atoms with E-state index in [1.54, 1.807) is 13.1 Å². The van der Waals surface area contributed by atoms with E-state index in [2.05, 4.69) is 59.8 Å². The number of Topliss-reactive ketones (excluding diaryl/α,β-unsaturated/α-hetero) is 1. The molecule has 1 N–H and O–H groups in total. The zero-order chi connectivity index (χ0) is 29.6. The lowest BCUT2D eigenvalue weighted by atomic mass is 9.85. The summed E-state index contributed by atoms with van der Waals surface area (Å²) in [4.78, 5) is 12.9. The van der Waals surface area contributed by atoms with Crippen LogP contribution in [0.15, 0.2) is 36.5 Å². The van der Waals surface area contributed by atoms with Crippen LogP contribution in [0.1, 0.15) is 75.9 Å². The fraction of sp³-hybridized carbons (Fsp3) is 0.433. The van der Waals surface area contributed by atoms with Gasteiger partial charge in [0.05, 0.1) is 11.7 Å². The maximum Gasteiger partial charge on any atom is 0.203 e. The lowest BCUT2D eigenvalue weighted by Gasteiger charge is -2.33. The number of carbonyl (C=O) groups excluding carboxylic acids is 1. The first-order valence-electron chi connectivity index (χ1n) is 13.3. The van der Waals surface area contributed by atoms with Crippen molar-refractivity contribution < 1.29 is 27.1 Å². The average Bonchev–Trinajstić information content (AvgIpc) is 3.41. The summed E-state index contributed by atoms with van der Waals surface area (Å²) in [5, 5.41) is 12.1. The largest absolute Gasteiger partial charge is 0.479 e. The molecule has 216 valence electrons. The van der Waals surface area contributed by atoms with Crippen molar-refractivity contribution in [3.63, 3.8) is 0 Å². The zero-order valence-electron chi connectivity index (χ0n) is 23.7. The molecule has 0 amide bonds. The van der Waals surface area contributed by atoms with Crippen LogP contribution < -0.4 is 10.1 Å². The second-order valence-corrected chi connectivity index (χ2v) is 10.3. The van der Waals surface area contributed by atoms with Crippen molar-refractivity contribution in [2.45, 2.75) is 72.5 Å². The first-order valence-corrected chi connectivity index (χ1v) is 13.3. The highest BCUT2D eigenvalue weighted by Gasteiger charge is 2.34. The molecule has 6 nitrogen and oxygen atoms in total. The minimum absolute atomic E-state index is 0.0755. The number of aryl methyl sites for hydroxylation is 1. The Morgan fingerprint density at radius 3 is 2.40 bits per heavy atom. The summed E-state index contributed by atoms with van der Waals surface area (Å²) in [6, 6.07) is 5.52. The van der Waals surface area contributed by atoms with E-state index in [-0.39, 0.29) is 18.4 Å². The highest BCUT2D eigenvalue weighted by Crippen LogP contribution is 2.30. The smallest absolute Gasteiger partial charge is 0.203 e. The van der Waals surface area contributed by atoms with E-state index < -0.39 is 53.0 Å². The quantitative estimate of drug-likeness (QED) is 0.183. The summed E-state index contributed by atoms with van der Waals surface area (Å²) in [5.74, 6) is -8.42. The van der Waals surface area contributed by atoms with E-state index in [1.165, 1.54) is 10.2 Å². The number of aromatic nitrogens is 3. The summed E-state index contributed by atoms with van der Waals surface area (Å²) in [5.41, 5.74) is 3.46. The lowest BCUT2D eigenvalue weighted by Crippen LogP contribution is -2.44. The van der Waals surface area contributed by atoms with Gasteiger partial charge in [0.2, 0.25) is 11.6 Å². The second kappa shape index (κ2) is 13.2. The Morgan fingerprint density at radius 2 is 1.80 bits per heavy atom. The van der Waals surface area contributed by atoms with Crippen LogP contribution in [-0.4, -0.2) is 27.4 Å². The minimum atomic E-state index is -1.70. The second-order valence-electron chi connectivity index (χ2n) is 10.3. The molecule has 0 saturated carbocycles. The van der Waals surface area contributed by atoms with Gasteiger partial charge in [-0.05, 0) is 49.3 Å². The third kappa shape index (κ3) is 6.78. The fourth-order valence-corrected chi connectivity index (χ4v) is 4.25. The van der Waals surface area contributed by atoms with Gasteiger partial charge < -0.3 is 10.1 Å². The number of carbonyl (C=O) groups is 1. The Morgan fingerprint density at radius 1 is 1.12 bits per heavy atom. The molecule has 3 aromatic rings. The van der Waals surface area contributed by atoms with Crippen molar-refractivity contribution in [2.24, 2.45) is 5.92 Å². The highest BCUT2D eigenvalue weighted by atomic mass is 19.2. The molecule has 2 atom stereocenters. The molecule has 1 heterocycles.